The molecule has 2 aromatic rings. The van der Waals surface area contributed by atoms with Gasteiger partial charge in [0.05, 0.1) is 17.5 Å². The molecule has 1 atom stereocenters. The van der Waals surface area contributed by atoms with E-state index in [1.54, 1.807) is 4.90 Å². The van der Waals surface area contributed by atoms with Gasteiger partial charge in [0.25, 0.3) is 0 Å². The molecule has 0 spiro atoms. The molecule has 0 bridgehead atoms. The Labute approximate surface area is 186 Å². The monoisotopic (exact) mass is 459 g/mol. The number of rotatable bonds is 6. The van der Waals surface area contributed by atoms with Crippen molar-refractivity contribution in [2.75, 3.05) is 31.6 Å². The summed E-state index contributed by atoms with van der Waals surface area (Å²) < 4.78 is 38.8. The highest BCUT2D eigenvalue weighted by Crippen LogP contribution is 2.38. The predicted molar refractivity (Wildman–Crippen MR) is 117 cm³/mol. The lowest BCUT2D eigenvalue weighted by Crippen LogP contribution is -2.39. The molecule has 2 aliphatic heterocycles. The summed E-state index contributed by atoms with van der Waals surface area (Å²) in [4.78, 5) is 25.7. The maximum atomic E-state index is 12.9. The number of nitrogens with zero attached hydrogens (tertiary/aromatic N) is 1. The van der Waals surface area contributed by atoms with Crippen molar-refractivity contribution < 1.29 is 27.5 Å². The van der Waals surface area contributed by atoms with Crippen molar-refractivity contribution in [3.05, 3.63) is 48.0 Å². The van der Waals surface area contributed by atoms with Crippen LogP contribution in [0.25, 0.3) is 0 Å². The zero-order valence-corrected chi connectivity index (χ0v) is 18.5. The highest BCUT2D eigenvalue weighted by Gasteiger charge is 2.31. The van der Waals surface area contributed by atoms with E-state index in [9.17, 15) is 18.0 Å². The van der Waals surface area contributed by atoms with Gasteiger partial charge >= 0.3 is 0 Å². The molecule has 32 heavy (non-hydrogen) atoms. The van der Waals surface area contributed by atoms with Crippen molar-refractivity contribution in [2.24, 2.45) is 0 Å². The topological polar surface area (TPSA) is 114 Å². The lowest BCUT2D eigenvalue weighted by molar-refractivity contribution is -0.130. The van der Waals surface area contributed by atoms with Gasteiger partial charge in [-0.2, -0.15) is 0 Å². The van der Waals surface area contributed by atoms with Crippen LogP contribution in [-0.4, -0.2) is 51.4 Å². The second kappa shape index (κ2) is 9.17. The van der Waals surface area contributed by atoms with Crippen LogP contribution in [0.2, 0.25) is 0 Å². The third-order valence-electron chi connectivity index (χ3n) is 5.42. The fourth-order valence-corrected chi connectivity index (χ4v) is 4.92. The Kier molecular flexibility index (Phi) is 6.33. The van der Waals surface area contributed by atoms with E-state index in [0.717, 1.165) is 18.4 Å². The molecule has 2 amide bonds. The van der Waals surface area contributed by atoms with Crippen LogP contribution in [0.3, 0.4) is 0 Å². The summed E-state index contributed by atoms with van der Waals surface area (Å²) in [7, 11) is -3.87. The lowest BCUT2D eigenvalue weighted by atomic mass is 10.0. The first-order valence-corrected chi connectivity index (χ1v) is 11.9. The van der Waals surface area contributed by atoms with E-state index < -0.39 is 10.0 Å². The predicted octanol–water partition coefficient (Wildman–Crippen LogP) is 2.06. The number of ether oxygens (including phenoxy) is 2. The second-order valence-electron chi connectivity index (χ2n) is 7.68. The minimum absolute atomic E-state index is 0.0178. The van der Waals surface area contributed by atoms with Crippen LogP contribution < -0.4 is 19.5 Å². The average molecular weight is 460 g/mol. The summed E-state index contributed by atoms with van der Waals surface area (Å²) in [6.45, 7) is 2.59. The third-order valence-corrected chi connectivity index (χ3v) is 6.84. The lowest BCUT2D eigenvalue weighted by Gasteiger charge is -2.27. The molecule has 0 unspecified atom stereocenters. The number of sulfonamides is 1. The third kappa shape index (κ3) is 4.86. The van der Waals surface area contributed by atoms with E-state index in [1.807, 2.05) is 18.2 Å². The Hall–Kier alpha value is -3.11. The van der Waals surface area contributed by atoms with Gasteiger partial charge in [-0.05, 0) is 54.8 Å². The molecule has 10 heteroatoms. The molecule has 1 saturated heterocycles. The number of likely N-dealkylation sites (tertiary alicyclic amines) is 1. The minimum atomic E-state index is -3.87. The van der Waals surface area contributed by atoms with Crippen LogP contribution in [0.1, 0.15) is 31.4 Å². The summed E-state index contributed by atoms with van der Waals surface area (Å²) in [5.74, 6) is 0.813. The number of hydrogen-bond donors (Lipinski definition) is 2. The van der Waals surface area contributed by atoms with E-state index in [1.165, 1.54) is 31.2 Å². The van der Waals surface area contributed by atoms with Gasteiger partial charge in [-0.3, -0.25) is 9.59 Å². The fourth-order valence-electron chi connectivity index (χ4n) is 3.94. The van der Waals surface area contributed by atoms with Crippen molar-refractivity contribution in [3.8, 4) is 11.5 Å². The van der Waals surface area contributed by atoms with Gasteiger partial charge < -0.3 is 19.7 Å². The van der Waals surface area contributed by atoms with E-state index in [-0.39, 0.29) is 29.3 Å². The maximum Gasteiger partial charge on any atom is 0.241 e. The number of nitrogens with one attached hydrogen (secondary N) is 2. The van der Waals surface area contributed by atoms with Gasteiger partial charge in [0.15, 0.2) is 11.5 Å². The van der Waals surface area contributed by atoms with Crippen LogP contribution in [0, 0.1) is 0 Å². The van der Waals surface area contributed by atoms with E-state index in [4.69, 9.17) is 9.47 Å². The van der Waals surface area contributed by atoms with Gasteiger partial charge in [-0.1, -0.05) is 6.07 Å². The maximum absolute atomic E-state index is 12.9. The highest BCUT2D eigenvalue weighted by molar-refractivity contribution is 7.89. The van der Waals surface area contributed by atoms with E-state index >= 15 is 0 Å². The Bertz CT molecular complexity index is 1120. The van der Waals surface area contributed by atoms with Crippen LogP contribution in [0.4, 0.5) is 5.69 Å². The summed E-state index contributed by atoms with van der Waals surface area (Å²) in [5.41, 5.74) is 1.43. The molecule has 0 radical (unpaired) electrons. The molecule has 0 saturated carbocycles. The number of carbonyl (C=O) groups excluding carboxylic acids is 2. The van der Waals surface area contributed by atoms with Crippen LogP contribution in [-0.2, 0) is 19.6 Å². The van der Waals surface area contributed by atoms with Crippen LogP contribution in [0.15, 0.2) is 47.4 Å². The first-order chi connectivity index (χ1) is 15.3. The summed E-state index contributed by atoms with van der Waals surface area (Å²) in [5, 5.41) is 2.58. The van der Waals surface area contributed by atoms with E-state index in [2.05, 4.69) is 10.0 Å². The average Bonchev–Trinajstić information content (AvgIpc) is 3.27. The van der Waals surface area contributed by atoms with Gasteiger partial charge in [-0.25, -0.2) is 13.1 Å². The number of fused-ring (bicyclic) bond motifs is 1. The summed E-state index contributed by atoms with van der Waals surface area (Å²) in [6.07, 6.45) is 1.63. The standard InChI is InChI=1S/C22H25N3O6S/c1-15(26)24-17-5-7-18(8-6-17)32(28,29)23-14-22(27)25-10-2-3-19(25)16-4-9-20-21(13-16)31-12-11-30-20/h4-9,13,19,23H,2-3,10-12,14H2,1H3,(H,24,26)/t19-/m1/s1. The molecule has 2 aliphatic rings. The zero-order valence-electron chi connectivity index (χ0n) is 17.7. The SMILES string of the molecule is CC(=O)Nc1ccc(S(=O)(=O)NCC(=O)N2CCC[C@@H]2c2ccc3c(c2)OCCO3)cc1. The normalized spacial score (nSPS) is 17.8. The van der Waals surface area contributed by atoms with Crippen LogP contribution >= 0.6 is 0 Å². The Balaban J connectivity index is 1.41. The second-order valence-corrected chi connectivity index (χ2v) is 9.45. The minimum Gasteiger partial charge on any atom is -0.486 e. The van der Waals surface area contributed by atoms with Crippen molar-refractivity contribution in [2.45, 2.75) is 30.7 Å². The molecule has 170 valence electrons. The number of anilines is 1. The van der Waals surface area contributed by atoms with Crippen LogP contribution in [0.5, 0.6) is 11.5 Å². The molecule has 9 nitrogen and oxygen atoms in total. The summed E-state index contributed by atoms with van der Waals surface area (Å²) >= 11 is 0. The highest BCUT2D eigenvalue weighted by atomic mass is 32.2. The van der Waals surface area contributed by atoms with Crippen molar-refractivity contribution in [1.29, 1.82) is 0 Å². The quantitative estimate of drug-likeness (QED) is 0.684. The fraction of sp³-hybridized carbons (Fsp3) is 0.364. The molecular formula is C22H25N3O6S. The first-order valence-electron chi connectivity index (χ1n) is 10.4. The van der Waals surface area contributed by atoms with Crippen molar-refractivity contribution in [3.63, 3.8) is 0 Å². The number of amides is 2. The molecular weight excluding hydrogens is 434 g/mol. The molecule has 0 aliphatic carbocycles. The summed E-state index contributed by atoms with van der Waals surface area (Å²) in [6, 6.07) is 11.3. The molecule has 2 N–H and O–H groups in total. The first kappa shape index (κ1) is 22.1. The smallest absolute Gasteiger partial charge is 0.241 e. The Morgan fingerprint density at radius 1 is 1.06 bits per heavy atom. The Morgan fingerprint density at radius 2 is 1.78 bits per heavy atom. The largest absolute Gasteiger partial charge is 0.486 e. The molecule has 2 heterocycles. The molecule has 4 rings (SSSR count). The number of carbonyl (C=O) groups is 2. The number of hydrogen-bond acceptors (Lipinski definition) is 6. The molecule has 2 aromatic carbocycles. The molecule has 1 fully saturated rings. The van der Waals surface area contributed by atoms with Crippen molar-refractivity contribution in [1.82, 2.24) is 9.62 Å². The van der Waals surface area contributed by atoms with Gasteiger partial charge in [-0.15, -0.1) is 0 Å². The zero-order chi connectivity index (χ0) is 22.7. The molecule has 0 aromatic heterocycles. The van der Waals surface area contributed by atoms with Gasteiger partial charge in [0.1, 0.15) is 13.2 Å². The van der Waals surface area contributed by atoms with Gasteiger partial charge in [0.2, 0.25) is 21.8 Å². The number of benzene rings is 2. The van der Waals surface area contributed by atoms with Crippen molar-refractivity contribution >= 4 is 27.5 Å². The Morgan fingerprint density at radius 3 is 2.50 bits per heavy atom. The van der Waals surface area contributed by atoms with Gasteiger partial charge in [0, 0.05) is 19.2 Å². The van der Waals surface area contributed by atoms with E-state index in [0.29, 0.717) is 36.9 Å².